The standard InChI is InChI=1S/C49H70N16O11/c1-27(66)59-32(16-9-21-56-48(51)52)41(69)65-38-25-40(68)55-20-8-7-15-35(47(75)76)62-45(73)37(24-29-26-58-31-14-6-5-13-30(29)31)64-42(70)33(17-10-22-57-49(53)54)60-44(72)36(23-28-11-3-2-4-12-28)63-43(71)34(61-46(38)74)18-19-39(50)67/h2-6,11-14,26,32-38,58H,7-10,15-25H2,1H3,(H2,50,67)(H,55,68)(H,59,66)(H,60,72)(H,61,74)(H,62,73)(H,63,71)(H,64,70)(H,65,69)(H,75,76)(H4,51,52,56)(H4,53,54,57)/t32-,33-,34-,35-,36+,37-,38-/m0/s1. The Morgan fingerprint density at radius 1 is 0.711 bits per heavy atom. The number of aliphatic carboxylic acids is 1. The summed E-state index contributed by atoms with van der Waals surface area (Å²) in [7, 11) is 0. The maximum absolute atomic E-state index is 14.6. The number of carboxylic acids is 1. The number of aromatic amines is 1. The number of carbonyl (C=O) groups excluding carboxylic acids is 9. The van der Waals surface area contributed by atoms with Crippen LogP contribution in [0.25, 0.3) is 10.9 Å². The van der Waals surface area contributed by atoms with Crippen molar-refractivity contribution in [2.24, 2.45) is 17.2 Å². The summed E-state index contributed by atoms with van der Waals surface area (Å²) in [6.07, 6.45) is 0.103. The van der Waals surface area contributed by atoms with Gasteiger partial charge in [-0.2, -0.15) is 0 Å². The Hall–Kier alpha value is -8.78. The van der Waals surface area contributed by atoms with Crippen molar-refractivity contribution >= 4 is 82.0 Å². The van der Waals surface area contributed by atoms with E-state index in [1.807, 2.05) is 0 Å². The summed E-state index contributed by atoms with van der Waals surface area (Å²) in [6, 6.07) is 5.15. The summed E-state index contributed by atoms with van der Waals surface area (Å²) < 4.78 is 0. The van der Waals surface area contributed by atoms with E-state index in [0.717, 1.165) is 17.8 Å². The SMILES string of the molecule is CC(=O)N[C@@H](CCCNC(=N)N)C(=O)N[C@H]1CC(=O)NCCCC[C@@H](C(=O)O)NC(=O)[C@H](Cc2c[nH]c3ccccc23)NC(=O)[C@H](CCCNC(=N)N)NC(=O)[C@@H](Cc2ccccc2)NC(=O)[C@H](CCC(N)=O)NC1=O. The van der Waals surface area contributed by atoms with Gasteiger partial charge in [-0.1, -0.05) is 48.5 Å². The van der Waals surface area contributed by atoms with E-state index >= 15 is 0 Å². The highest BCUT2D eigenvalue weighted by Crippen LogP contribution is 2.20. The van der Waals surface area contributed by atoms with Crippen molar-refractivity contribution < 1.29 is 53.1 Å². The van der Waals surface area contributed by atoms with Crippen molar-refractivity contribution in [2.45, 2.75) is 126 Å². The minimum Gasteiger partial charge on any atom is -0.480 e. The Morgan fingerprint density at radius 2 is 1.29 bits per heavy atom. The van der Waals surface area contributed by atoms with Crippen LogP contribution in [0.15, 0.2) is 60.8 Å². The average Bonchev–Trinajstić information content (AvgIpc) is 3.77. The van der Waals surface area contributed by atoms with Gasteiger partial charge in [0, 0.05) is 62.9 Å². The molecule has 0 spiro atoms. The van der Waals surface area contributed by atoms with Crippen molar-refractivity contribution in [3.8, 4) is 0 Å². The van der Waals surface area contributed by atoms with Crippen molar-refractivity contribution in [2.75, 3.05) is 19.6 Å². The third kappa shape index (κ3) is 20.6. The fourth-order valence-electron chi connectivity index (χ4n) is 8.25. The van der Waals surface area contributed by atoms with Gasteiger partial charge in [0.05, 0.1) is 6.42 Å². The second kappa shape index (κ2) is 30.4. The van der Waals surface area contributed by atoms with E-state index in [1.165, 1.54) is 0 Å². The number of H-pyrrole nitrogens is 1. The predicted molar refractivity (Wildman–Crippen MR) is 277 cm³/mol. The molecule has 2 aromatic carbocycles. The van der Waals surface area contributed by atoms with Gasteiger partial charge in [0.25, 0.3) is 0 Å². The molecule has 7 atom stereocenters. The Labute approximate surface area is 437 Å². The monoisotopic (exact) mass is 1060 g/mol. The zero-order valence-corrected chi connectivity index (χ0v) is 42.2. The molecule has 2 heterocycles. The Balaban J connectivity index is 1.78. The number of primary amides is 1. The number of hydrogen-bond donors (Lipinski definition) is 17. The molecule has 0 radical (unpaired) electrons. The summed E-state index contributed by atoms with van der Waals surface area (Å²) in [5.41, 5.74) is 18.2. The van der Waals surface area contributed by atoms with Crippen molar-refractivity contribution in [3.05, 3.63) is 71.9 Å². The lowest BCUT2D eigenvalue weighted by Crippen LogP contribution is -2.60. The molecule has 0 unspecified atom stereocenters. The van der Waals surface area contributed by atoms with Crippen molar-refractivity contribution in [3.63, 3.8) is 0 Å². The molecule has 27 nitrogen and oxygen atoms in total. The van der Waals surface area contributed by atoms with Crippen LogP contribution in [0.4, 0.5) is 0 Å². The summed E-state index contributed by atoms with van der Waals surface area (Å²) in [6.45, 7) is 1.32. The van der Waals surface area contributed by atoms with E-state index in [-0.39, 0.29) is 89.3 Å². The van der Waals surface area contributed by atoms with Crippen molar-refractivity contribution in [1.29, 1.82) is 10.8 Å². The summed E-state index contributed by atoms with van der Waals surface area (Å²) >= 11 is 0. The van der Waals surface area contributed by atoms with Crippen LogP contribution in [0.3, 0.4) is 0 Å². The summed E-state index contributed by atoms with van der Waals surface area (Å²) in [4.78, 5) is 139. The normalized spacial score (nSPS) is 20.9. The first kappa shape index (κ1) is 59.8. The quantitative estimate of drug-likeness (QED) is 0.0322. The number of nitrogens with two attached hydrogens (primary N) is 3. The van der Waals surface area contributed by atoms with Gasteiger partial charge < -0.3 is 80.5 Å². The molecule has 9 amide bonds. The Morgan fingerprint density at radius 3 is 1.93 bits per heavy atom. The molecule has 1 aromatic heterocycles. The number of nitrogens with one attached hydrogen (secondary N) is 13. The lowest BCUT2D eigenvalue weighted by molar-refractivity contribution is -0.142. The van der Waals surface area contributed by atoms with Crippen LogP contribution in [-0.2, 0) is 60.8 Å². The number of amides is 9. The summed E-state index contributed by atoms with van der Waals surface area (Å²) in [5, 5.41) is 51.8. The highest BCUT2D eigenvalue weighted by molar-refractivity contribution is 5.99. The second-order valence-electron chi connectivity index (χ2n) is 18.2. The van der Waals surface area contributed by atoms with E-state index < -0.39 is 121 Å². The van der Waals surface area contributed by atoms with Gasteiger partial charge >= 0.3 is 5.97 Å². The number of guanidine groups is 2. The molecule has 1 saturated heterocycles. The molecular formula is C49H70N16O11. The molecule has 76 heavy (non-hydrogen) atoms. The third-order valence-corrected chi connectivity index (χ3v) is 12.1. The number of aromatic nitrogens is 1. The van der Waals surface area contributed by atoms with Gasteiger partial charge in [-0.3, -0.25) is 54.0 Å². The molecule has 412 valence electrons. The molecule has 1 aliphatic heterocycles. The van der Waals surface area contributed by atoms with E-state index in [1.54, 1.807) is 60.8 Å². The molecule has 1 aliphatic rings. The molecule has 1 fully saturated rings. The molecule has 3 aromatic rings. The first-order chi connectivity index (χ1) is 36.2. The molecule has 0 bridgehead atoms. The topological polar surface area (TPSA) is 453 Å². The minimum atomic E-state index is -1.73. The molecule has 20 N–H and O–H groups in total. The maximum Gasteiger partial charge on any atom is 0.326 e. The second-order valence-corrected chi connectivity index (χ2v) is 18.2. The van der Waals surface area contributed by atoms with Gasteiger partial charge in [-0.05, 0) is 68.6 Å². The van der Waals surface area contributed by atoms with Crippen LogP contribution in [0.2, 0.25) is 0 Å². The Kier molecular flexibility index (Phi) is 23.9. The highest BCUT2D eigenvalue weighted by atomic mass is 16.4. The fraction of sp³-hybridized carbons (Fsp3) is 0.469. The van der Waals surface area contributed by atoms with Crippen LogP contribution < -0.4 is 70.4 Å². The zero-order chi connectivity index (χ0) is 55.7. The van der Waals surface area contributed by atoms with Crippen molar-refractivity contribution in [1.82, 2.24) is 58.2 Å². The number of carboxylic acid groups (broad SMARTS) is 1. The van der Waals surface area contributed by atoms with Crippen LogP contribution in [-0.4, -0.2) is 143 Å². The summed E-state index contributed by atoms with van der Waals surface area (Å²) in [5.74, 6) is -9.97. The van der Waals surface area contributed by atoms with E-state index in [9.17, 15) is 53.1 Å². The highest BCUT2D eigenvalue weighted by Gasteiger charge is 2.35. The molecule has 4 rings (SSSR count). The number of carbonyl (C=O) groups is 10. The van der Waals surface area contributed by atoms with E-state index in [0.29, 0.717) is 11.1 Å². The molecule has 0 aliphatic carbocycles. The van der Waals surface area contributed by atoms with Crippen LogP contribution in [0, 0.1) is 10.8 Å². The van der Waals surface area contributed by atoms with Crippen LogP contribution in [0.1, 0.15) is 82.3 Å². The number of benzene rings is 2. The molecule has 27 heteroatoms. The zero-order valence-electron chi connectivity index (χ0n) is 42.2. The lowest BCUT2D eigenvalue weighted by atomic mass is 10.0. The Bertz CT molecular complexity index is 2560. The maximum atomic E-state index is 14.6. The van der Waals surface area contributed by atoms with Gasteiger partial charge in [0.1, 0.15) is 42.3 Å². The van der Waals surface area contributed by atoms with E-state index in [2.05, 4.69) is 58.2 Å². The smallest absolute Gasteiger partial charge is 0.326 e. The minimum absolute atomic E-state index is 0.0128. The third-order valence-electron chi connectivity index (χ3n) is 12.1. The molecule has 0 saturated carbocycles. The average molecular weight is 1060 g/mol. The first-order valence-electron chi connectivity index (χ1n) is 24.8. The van der Waals surface area contributed by atoms with Crippen LogP contribution >= 0.6 is 0 Å². The van der Waals surface area contributed by atoms with Gasteiger partial charge in [0.2, 0.25) is 53.2 Å². The number of rotatable bonds is 19. The number of para-hydroxylation sites is 1. The lowest BCUT2D eigenvalue weighted by Gasteiger charge is -2.28. The first-order valence-corrected chi connectivity index (χ1v) is 24.8. The van der Waals surface area contributed by atoms with Crippen LogP contribution in [0.5, 0.6) is 0 Å². The largest absolute Gasteiger partial charge is 0.480 e. The van der Waals surface area contributed by atoms with E-state index in [4.69, 9.17) is 28.0 Å². The fourth-order valence-corrected chi connectivity index (χ4v) is 8.25. The van der Waals surface area contributed by atoms with Gasteiger partial charge in [0.15, 0.2) is 11.9 Å². The van der Waals surface area contributed by atoms with Gasteiger partial charge in [-0.25, -0.2) is 4.79 Å². The van der Waals surface area contributed by atoms with Gasteiger partial charge in [-0.15, -0.1) is 0 Å². The number of hydrogen-bond acceptors (Lipinski definition) is 12. The predicted octanol–water partition coefficient (Wildman–Crippen LogP) is -3.07. The number of fused-ring (bicyclic) bond motifs is 1. The molecular weight excluding hydrogens is 989 g/mol.